The Morgan fingerprint density at radius 3 is 1.68 bits per heavy atom. The Morgan fingerprint density at radius 1 is 0.333 bits per heavy atom. The van der Waals surface area contributed by atoms with Gasteiger partial charge in [-0.2, -0.15) is 0 Å². The average molecular weight is 726 g/mol. The minimum atomic E-state index is -0.448. The second-order valence-electron chi connectivity index (χ2n) is 16.4. The molecule has 0 N–H and O–H groups in total. The molecule has 0 saturated carbocycles. The standard InChI is InChI=1S/C56H39N/c1-55(2)48-24-11-8-21-43(48)46-30-27-38(34-52(46)55)37-16-14-19-40(33-37)57(39-17-4-3-5-18-39)41-29-31-47-53(35-41)56(51-32-28-36-15-6-7-20-42(36)54(47)51)49-25-12-9-22-44(49)45-23-10-13-26-50(45)56/h3-35H,1-2H3. The third-order valence-corrected chi connectivity index (χ3v) is 13.3. The molecule has 0 amide bonds. The maximum atomic E-state index is 2.50. The van der Waals surface area contributed by atoms with E-state index in [1.165, 1.54) is 88.7 Å². The van der Waals surface area contributed by atoms with E-state index < -0.39 is 5.41 Å². The van der Waals surface area contributed by atoms with Crippen molar-refractivity contribution in [1.82, 2.24) is 0 Å². The highest BCUT2D eigenvalue weighted by molar-refractivity contribution is 6.06. The van der Waals surface area contributed by atoms with E-state index in [0.29, 0.717) is 0 Å². The summed E-state index contributed by atoms with van der Waals surface area (Å²) in [6.07, 6.45) is 0. The molecular formula is C56H39N. The molecule has 1 nitrogen and oxygen atoms in total. The van der Waals surface area contributed by atoms with Crippen molar-refractivity contribution in [3.63, 3.8) is 0 Å². The summed E-state index contributed by atoms with van der Waals surface area (Å²) in [7, 11) is 0. The number of para-hydroxylation sites is 1. The number of hydrogen-bond donors (Lipinski definition) is 0. The summed E-state index contributed by atoms with van der Waals surface area (Å²) in [5, 5.41) is 2.57. The van der Waals surface area contributed by atoms with Gasteiger partial charge in [-0.25, -0.2) is 0 Å². The molecular weight excluding hydrogens is 687 g/mol. The number of rotatable bonds is 4. The molecule has 9 aromatic carbocycles. The maximum Gasteiger partial charge on any atom is 0.0726 e. The van der Waals surface area contributed by atoms with Gasteiger partial charge in [-0.3, -0.25) is 0 Å². The highest BCUT2D eigenvalue weighted by Crippen LogP contribution is 2.64. The van der Waals surface area contributed by atoms with Crippen molar-refractivity contribution in [1.29, 1.82) is 0 Å². The van der Waals surface area contributed by atoms with Crippen LogP contribution in [0.3, 0.4) is 0 Å². The Kier molecular flexibility index (Phi) is 6.67. The van der Waals surface area contributed by atoms with E-state index in [-0.39, 0.29) is 5.41 Å². The van der Waals surface area contributed by atoms with Gasteiger partial charge in [0.05, 0.1) is 5.41 Å². The lowest BCUT2D eigenvalue weighted by atomic mass is 9.70. The van der Waals surface area contributed by atoms with Crippen LogP contribution in [0.4, 0.5) is 17.1 Å². The molecule has 3 aliphatic carbocycles. The highest BCUT2D eigenvalue weighted by Gasteiger charge is 2.52. The second-order valence-corrected chi connectivity index (χ2v) is 16.4. The molecule has 0 unspecified atom stereocenters. The summed E-state index contributed by atoms with van der Waals surface area (Å²) in [6.45, 7) is 4.72. The minimum absolute atomic E-state index is 0.0592. The zero-order chi connectivity index (χ0) is 37.9. The fourth-order valence-corrected chi connectivity index (χ4v) is 10.8. The first-order valence-electron chi connectivity index (χ1n) is 20.1. The quantitative estimate of drug-likeness (QED) is 0.175. The predicted octanol–water partition coefficient (Wildman–Crippen LogP) is 14.6. The zero-order valence-corrected chi connectivity index (χ0v) is 32.0. The van der Waals surface area contributed by atoms with Gasteiger partial charge in [0.25, 0.3) is 0 Å². The van der Waals surface area contributed by atoms with Crippen LogP contribution >= 0.6 is 0 Å². The first-order valence-corrected chi connectivity index (χ1v) is 20.1. The number of anilines is 3. The van der Waals surface area contributed by atoms with Gasteiger partial charge < -0.3 is 4.90 Å². The van der Waals surface area contributed by atoms with Gasteiger partial charge in [-0.05, 0) is 131 Å². The summed E-state index contributed by atoms with van der Waals surface area (Å²) in [5.74, 6) is 0. The van der Waals surface area contributed by atoms with Crippen molar-refractivity contribution in [3.8, 4) is 44.5 Å². The zero-order valence-electron chi connectivity index (χ0n) is 32.0. The summed E-state index contributed by atoms with van der Waals surface area (Å²) >= 11 is 0. The molecule has 268 valence electrons. The Bertz CT molecular complexity index is 3070. The lowest BCUT2D eigenvalue weighted by molar-refractivity contribution is 0.660. The molecule has 0 aliphatic heterocycles. The Labute approximate surface area is 334 Å². The molecule has 0 fully saturated rings. The normalized spacial score (nSPS) is 14.4. The van der Waals surface area contributed by atoms with Crippen molar-refractivity contribution in [2.45, 2.75) is 24.7 Å². The molecule has 3 aliphatic rings. The first-order chi connectivity index (χ1) is 28.0. The van der Waals surface area contributed by atoms with Crippen molar-refractivity contribution in [3.05, 3.63) is 234 Å². The molecule has 0 atom stereocenters. The van der Waals surface area contributed by atoms with Crippen LogP contribution in [0.5, 0.6) is 0 Å². The molecule has 0 bridgehead atoms. The smallest absolute Gasteiger partial charge is 0.0726 e. The molecule has 0 radical (unpaired) electrons. The van der Waals surface area contributed by atoms with Crippen molar-refractivity contribution in [2.75, 3.05) is 4.90 Å². The van der Waals surface area contributed by atoms with Crippen molar-refractivity contribution < 1.29 is 0 Å². The van der Waals surface area contributed by atoms with Crippen LogP contribution in [-0.4, -0.2) is 0 Å². The molecule has 0 aromatic heterocycles. The number of hydrogen-bond acceptors (Lipinski definition) is 1. The van der Waals surface area contributed by atoms with Gasteiger partial charge in [0, 0.05) is 22.5 Å². The third kappa shape index (κ3) is 4.34. The van der Waals surface area contributed by atoms with Crippen LogP contribution in [0.1, 0.15) is 47.2 Å². The van der Waals surface area contributed by atoms with Gasteiger partial charge in [-0.15, -0.1) is 0 Å². The van der Waals surface area contributed by atoms with E-state index in [0.717, 1.165) is 17.1 Å². The lowest BCUT2D eigenvalue weighted by Crippen LogP contribution is -2.26. The van der Waals surface area contributed by atoms with Crippen LogP contribution in [0.25, 0.3) is 55.3 Å². The van der Waals surface area contributed by atoms with E-state index in [4.69, 9.17) is 0 Å². The number of benzene rings is 9. The van der Waals surface area contributed by atoms with Gasteiger partial charge >= 0.3 is 0 Å². The Hall–Kier alpha value is -6.96. The SMILES string of the molecule is CC1(C)c2ccccc2-c2ccc(-c3cccc(N(c4ccccc4)c4ccc5c(c4)C4(c6ccccc6-c6ccccc64)c4ccc6ccccc6c4-5)c3)cc21. The second kappa shape index (κ2) is 11.8. The predicted molar refractivity (Wildman–Crippen MR) is 238 cm³/mol. The Balaban J connectivity index is 1.07. The number of nitrogens with zero attached hydrogens (tertiary/aromatic N) is 1. The van der Waals surface area contributed by atoms with E-state index >= 15 is 0 Å². The summed E-state index contributed by atoms with van der Waals surface area (Å²) in [6, 6.07) is 74.9. The molecule has 12 rings (SSSR count). The molecule has 9 aromatic rings. The van der Waals surface area contributed by atoms with Crippen molar-refractivity contribution in [2.24, 2.45) is 0 Å². The van der Waals surface area contributed by atoms with Gasteiger partial charge in [-0.1, -0.05) is 172 Å². The minimum Gasteiger partial charge on any atom is -0.310 e. The van der Waals surface area contributed by atoms with E-state index in [2.05, 4.69) is 219 Å². The summed E-state index contributed by atoms with van der Waals surface area (Å²) in [5.41, 5.74) is 21.5. The Morgan fingerprint density at radius 2 is 0.912 bits per heavy atom. The number of fused-ring (bicyclic) bond motifs is 15. The topological polar surface area (TPSA) is 3.24 Å². The van der Waals surface area contributed by atoms with Crippen LogP contribution in [0.15, 0.2) is 200 Å². The fourth-order valence-electron chi connectivity index (χ4n) is 10.8. The molecule has 57 heavy (non-hydrogen) atoms. The van der Waals surface area contributed by atoms with Crippen LogP contribution in [-0.2, 0) is 10.8 Å². The molecule has 1 heteroatoms. The van der Waals surface area contributed by atoms with Gasteiger partial charge in [0.15, 0.2) is 0 Å². The monoisotopic (exact) mass is 725 g/mol. The average Bonchev–Trinajstić information content (AvgIpc) is 3.83. The summed E-state index contributed by atoms with van der Waals surface area (Å²) < 4.78 is 0. The van der Waals surface area contributed by atoms with E-state index in [1.807, 2.05) is 0 Å². The highest BCUT2D eigenvalue weighted by atomic mass is 15.1. The van der Waals surface area contributed by atoms with E-state index in [9.17, 15) is 0 Å². The van der Waals surface area contributed by atoms with Gasteiger partial charge in [0.1, 0.15) is 0 Å². The van der Waals surface area contributed by atoms with Crippen LogP contribution in [0.2, 0.25) is 0 Å². The lowest BCUT2D eigenvalue weighted by Gasteiger charge is -2.32. The molecule has 0 heterocycles. The molecule has 1 spiro atoms. The maximum absolute atomic E-state index is 2.50. The van der Waals surface area contributed by atoms with E-state index in [1.54, 1.807) is 0 Å². The van der Waals surface area contributed by atoms with Crippen molar-refractivity contribution >= 4 is 27.8 Å². The van der Waals surface area contributed by atoms with Gasteiger partial charge in [0.2, 0.25) is 0 Å². The third-order valence-electron chi connectivity index (χ3n) is 13.3. The largest absolute Gasteiger partial charge is 0.310 e. The fraction of sp³-hybridized carbons (Fsp3) is 0.0714. The first kappa shape index (κ1) is 32.3. The van der Waals surface area contributed by atoms with Crippen LogP contribution < -0.4 is 4.90 Å². The summed E-state index contributed by atoms with van der Waals surface area (Å²) in [4.78, 5) is 2.44. The molecule has 0 saturated heterocycles. The van der Waals surface area contributed by atoms with Crippen LogP contribution in [0, 0.1) is 0 Å².